The summed E-state index contributed by atoms with van der Waals surface area (Å²) in [5.74, 6) is 0.108. The largest absolute Gasteiger partial charge is 0.481 e. The first kappa shape index (κ1) is 80.0. The van der Waals surface area contributed by atoms with Gasteiger partial charge in [0.05, 0.1) is 39.3 Å². The van der Waals surface area contributed by atoms with Crippen molar-refractivity contribution >= 4 is 17.9 Å². The van der Waals surface area contributed by atoms with Crippen molar-refractivity contribution in [2.75, 3.05) is 62.1 Å². The van der Waals surface area contributed by atoms with E-state index < -0.39 is 23.4 Å². The second-order valence-electron chi connectivity index (χ2n) is 27.7. The average Bonchev–Trinajstić information content (AvgIpc) is 1.72. The summed E-state index contributed by atoms with van der Waals surface area (Å²) < 4.78 is 53.0. The van der Waals surface area contributed by atoms with Gasteiger partial charge < -0.3 is 47.6 Å². The van der Waals surface area contributed by atoms with E-state index in [1.165, 1.54) is 38.8 Å². The maximum atomic E-state index is 14.4. The number of carboxylic acid groups (broad SMARTS) is 2. The van der Waals surface area contributed by atoms with Crippen molar-refractivity contribution in [1.82, 2.24) is 45.1 Å². The van der Waals surface area contributed by atoms with Crippen LogP contribution in [0.2, 0.25) is 0 Å². The highest BCUT2D eigenvalue weighted by molar-refractivity contribution is 5.78. The Balaban J connectivity index is 0.000000174. The molecule has 9 aromatic carbocycles. The van der Waals surface area contributed by atoms with E-state index >= 15 is 0 Å². The summed E-state index contributed by atoms with van der Waals surface area (Å²) in [5.41, 5.74) is 20.2. The molecule has 0 aliphatic rings. The van der Waals surface area contributed by atoms with Gasteiger partial charge in [0.25, 0.3) is 17.7 Å². The molecule has 3 heterocycles. The second kappa shape index (κ2) is 37.8. The molecular weight excluding hydrogens is 1380 g/mol. The van der Waals surface area contributed by atoms with Crippen molar-refractivity contribution in [3.8, 4) is 102 Å². The summed E-state index contributed by atoms with van der Waals surface area (Å²) in [6.07, 6.45) is 1.03. The molecule has 12 aromatic rings. The first-order valence-electron chi connectivity index (χ1n) is 35.7. The van der Waals surface area contributed by atoms with Crippen LogP contribution in [0.3, 0.4) is 0 Å². The molecule has 2 N–H and O–H groups in total. The number of aromatic nitrogens is 6. The van der Waals surface area contributed by atoms with Gasteiger partial charge in [-0.25, -0.2) is 4.39 Å². The summed E-state index contributed by atoms with van der Waals surface area (Å²) in [7, 11) is 10.4. The van der Waals surface area contributed by atoms with Crippen LogP contribution in [-0.2, 0) is 79.2 Å². The number of ether oxygens (including phenoxy) is 4. The van der Waals surface area contributed by atoms with Gasteiger partial charge in [0.15, 0.2) is 0 Å². The fourth-order valence-corrected chi connectivity index (χ4v) is 12.7. The minimum atomic E-state index is -0.978. The predicted octanol–water partition coefficient (Wildman–Crippen LogP) is 17.2. The Hall–Kier alpha value is -11.5. The number of rotatable bonds is 29. The number of halogens is 1. The number of hydrogen-bond acceptors (Lipinski definition) is 19. The van der Waals surface area contributed by atoms with Gasteiger partial charge in [0, 0.05) is 86.5 Å². The first-order valence-corrected chi connectivity index (χ1v) is 35.7. The number of esters is 1. The maximum Gasteiger partial charge on any atom is 0.320 e. The SMILES string of the molecule is CCc1ccccc1-c1ccc(-c2nc(-c3ccc(F)c(CN(C)CC(=O)O)c3)no2)cc1COC.COCc1cc(-c2nc(-c3cccc(CN(C)CC(=O)OC(C)(C)C)c3)no2)ccc1-c1ccccc1C.COCc1cc(-c2nc(-c3cccc(CN(C)CCC(=O)O)c3)no2)ccc1-c1ccccc1C. The topological polar surface area (TPSA) is 255 Å². The van der Waals surface area contributed by atoms with Crippen molar-refractivity contribution in [1.29, 1.82) is 0 Å². The van der Waals surface area contributed by atoms with E-state index in [9.17, 15) is 18.8 Å². The van der Waals surface area contributed by atoms with E-state index in [0.717, 1.165) is 84.3 Å². The lowest BCUT2D eigenvalue weighted by Crippen LogP contribution is -2.32. The second-order valence-corrected chi connectivity index (χ2v) is 27.7. The van der Waals surface area contributed by atoms with Gasteiger partial charge in [-0.3, -0.25) is 24.2 Å². The molecule has 12 rings (SSSR count). The molecule has 0 fully saturated rings. The number of nitrogens with zero attached hydrogens (tertiary/aromatic N) is 9. The van der Waals surface area contributed by atoms with Gasteiger partial charge in [-0.05, 0) is 207 Å². The number of carbonyl (C=O) groups is 3. The summed E-state index contributed by atoms with van der Waals surface area (Å²) >= 11 is 0. The first-order chi connectivity index (χ1) is 52.5. The highest BCUT2D eigenvalue weighted by Gasteiger charge is 2.23. The lowest BCUT2D eigenvalue weighted by atomic mass is 9.93. The van der Waals surface area contributed by atoms with E-state index in [1.54, 1.807) is 40.5 Å². The third-order valence-corrected chi connectivity index (χ3v) is 17.7. The van der Waals surface area contributed by atoms with Crippen molar-refractivity contribution in [2.24, 2.45) is 0 Å². The third kappa shape index (κ3) is 22.1. The fourth-order valence-electron chi connectivity index (χ4n) is 12.7. The van der Waals surface area contributed by atoms with E-state index in [-0.39, 0.29) is 32.0 Å². The molecule has 0 saturated carbocycles. The number of carbonyl (C=O) groups excluding carboxylic acids is 1. The lowest BCUT2D eigenvalue weighted by Gasteiger charge is -2.22. The average molecular weight is 1470 g/mol. The molecule has 3 aromatic heterocycles. The molecule has 21 nitrogen and oxygen atoms in total. The van der Waals surface area contributed by atoms with E-state index in [4.69, 9.17) is 42.7 Å². The normalized spacial score (nSPS) is 11.4. The molecule has 0 spiro atoms. The fraction of sp³-hybridized carbons (Fsp3) is 0.276. The number of carboxylic acids is 2. The van der Waals surface area contributed by atoms with Crippen LogP contribution in [0.1, 0.15) is 84.2 Å². The standard InChI is InChI=1S/C31H35N3O4.C28H28FN3O4.C28H29N3O4/c1-21-10-7-8-13-26(21)27-15-14-24(17-25(27)20-36-6)30-32-29(33-38-30)23-12-9-11-22(16-23)18-34(5)19-28(35)37-31(2,3)4;1-4-18-7-5-6-8-23(18)24-11-9-20(14-22(24)17-35-3)28-30-27(31-36-28)19-10-12-25(29)21(13-19)15-32(2)16-26(33)34;1-19-7-4-5-10-24(19)25-12-11-22(16-23(25)18-34-3)28-29-27(30-35-28)21-9-6-8-20(15-21)17-31(2)14-13-26(32)33/h7-17H,18-20H2,1-6H3;5-14H,4,15-17H2,1-3H3,(H,33,34);4-12,15-16H,13-14,17-18H2,1-3H3,(H,32,33). The molecule has 0 atom stereocenters. The minimum Gasteiger partial charge on any atom is -0.481 e. The quantitative estimate of drug-likeness (QED) is 0.0413. The lowest BCUT2D eigenvalue weighted by molar-refractivity contribution is -0.156. The number of aryl methyl sites for hydroxylation is 3. The van der Waals surface area contributed by atoms with Crippen LogP contribution in [0.5, 0.6) is 0 Å². The molecular formula is C87H92FN9O12. The number of hydrogen-bond donors (Lipinski definition) is 2. The molecule has 0 aliphatic carbocycles. The number of benzene rings is 9. The highest BCUT2D eigenvalue weighted by Crippen LogP contribution is 2.36. The molecule has 0 amide bonds. The summed E-state index contributed by atoms with van der Waals surface area (Å²) in [4.78, 5) is 53.2. The molecule has 0 aliphatic heterocycles. The van der Waals surface area contributed by atoms with Crippen LogP contribution in [0.4, 0.5) is 4.39 Å². The molecule has 0 saturated heterocycles. The van der Waals surface area contributed by atoms with Crippen LogP contribution in [0, 0.1) is 19.7 Å². The monoisotopic (exact) mass is 1470 g/mol. The molecule has 22 heteroatoms. The Kier molecular flexibility index (Phi) is 27.8. The highest BCUT2D eigenvalue weighted by atomic mass is 19.1. The van der Waals surface area contributed by atoms with Gasteiger partial charge >= 0.3 is 17.9 Å². The Labute approximate surface area is 634 Å². The van der Waals surface area contributed by atoms with Crippen molar-refractivity contribution in [3.63, 3.8) is 0 Å². The van der Waals surface area contributed by atoms with Crippen LogP contribution >= 0.6 is 0 Å². The van der Waals surface area contributed by atoms with Crippen LogP contribution in [0.25, 0.3) is 102 Å². The zero-order valence-corrected chi connectivity index (χ0v) is 63.6. The Bertz CT molecular complexity index is 5080. The molecule has 0 radical (unpaired) electrons. The van der Waals surface area contributed by atoms with E-state index in [2.05, 4.69) is 99.7 Å². The van der Waals surface area contributed by atoms with Crippen molar-refractivity contribution in [2.45, 2.75) is 99.4 Å². The molecule has 0 unspecified atom stereocenters. The van der Waals surface area contributed by atoms with Crippen LogP contribution in [0.15, 0.2) is 208 Å². The van der Waals surface area contributed by atoms with E-state index in [0.29, 0.717) is 85.7 Å². The summed E-state index contributed by atoms with van der Waals surface area (Å²) in [5, 5.41) is 30.4. The van der Waals surface area contributed by atoms with Crippen molar-refractivity contribution < 1.29 is 61.5 Å². The van der Waals surface area contributed by atoms with Gasteiger partial charge in [0.1, 0.15) is 11.4 Å². The van der Waals surface area contributed by atoms with E-state index in [1.807, 2.05) is 172 Å². The van der Waals surface area contributed by atoms with Crippen molar-refractivity contribution in [3.05, 3.63) is 250 Å². The Morgan fingerprint density at radius 2 is 0.826 bits per heavy atom. The Morgan fingerprint density at radius 3 is 1.26 bits per heavy atom. The number of likely N-dealkylation sites (N-methyl/N-ethyl adjacent to an activating group) is 2. The summed E-state index contributed by atoms with van der Waals surface area (Å²) in [6.45, 7) is 15.1. The zero-order chi connectivity index (χ0) is 77.7. The Morgan fingerprint density at radius 1 is 0.431 bits per heavy atom. The van der Waals surface area contributed by atoms with Crippen LogP contribution < -0.4 is 0 Å². The number of methoxy groups -OCH3 is 3. The summed E-state index contributed by atoms with van der Waals surface area (Å²) in [6, 6.07) is 63.4. The van der Waals surface area contributed by atoms with Gasteiger partial charge in [0.2, 0.25) is 17.5 Å². The van der Waals surface area contributed by atoms with Gasteiger partial charge in [-0.15, -0.1) is 0 Å². The molecule has 109 heavy (non-hydrogen) atoms. The number of aliphatic carboxylic acids is 2. The molecule has 0 bridgehead atoms. The predicted molar refractivity (Wildman–Crippen MR) is 418 cm³/mol. The zero-order valence-electron chi connectivity index (χ0n) is 63.6. The van der Waals surface area contributed by atoms with Crippen LogP contribution in [-0.4, -0.2) is 141 Å². The maximum absolute atomic E-state index is 14.4. The smallest absolute Gasteiger partial charge is 0.320 e. The molecule has 564 valence electrons. The van der Waals surface area contributed by atoms with Gasteiger partial charge in [-0.2, -0.15) is 15.0 Å². The third-order valence-electron chi connectivity index (χ3n) is 17.7. The minimum absolute atomic E-state index is 0.109. The van der Waals surface area contributed by atoms with Gasteiger partial charge in [-0.1, -0.05) is 150 Å².